The van der Waals surface area contributed by atoms with Crippen LogP contribution in [0.4, 0.5) is 0 Å². The van der Waals surface area contributed by atoms with Crippen LogP contribution in [0, 0.1) is 6.92 Å². The van der Waals surface area contributed by atoms with Crippen molar-refractivity contribution in [3.05, 3.63) is 332 Å². The molecule has 16 aromatic carbocycles. The number of benzene rings is 16. The third-order valence-corrected chi connectivity index (χ3v) is 29.7. The Morgan fingerprint density at radius 2 is 0.755 bits per heavy atom. The number of carbonyl (C=O) groups is 2. The largest absolute Gasteiger partial charge is 0.458 e. The van der Waals surface area contributed by atoms with Crippen molar-refractivity contribution >= 4 is 210 Å². The third kappa shape index (κ3) is 26.0. The summed E-state index contributed by atoms with van der Waals surface area (Å²) in [5.74, 6) is 6.21. The zero-order chi connectivity index (χ0) is 95.3. The van der Waals surface area contributed by atoms with Gasteiger partial charge in [0.15, 0.2) is 0 Å². The molecule has 23 rings (SSSR count). The SMILES string of the molecule is CC(=O)O.CC(=O)O.COC1CCCC1.COc1cccc(C)c1-c1ccccc1P(C1CCCCC1)C1CCCCC1.Clc1cccc2c1Oc1cccc3c1B2c1ccccc1O3.O.O=[P+]([O-])O[O-].OB(O)c1c2ccccc2c(-c2ccccc2)c2ccccc12.[K+].[K][K].[Pd].c1ccc(-c2c3ccccc3c(-c3cccc4c3Oc3cccc5c3B4c3ccccc3O5)c3ccccc23)cc1. The van der Waals surface area contributed by atoms with E-state index in [1.165, 1.54) is 219 Å². The number of rotatable bonds is 11. The van der Waals surface area contributed by atoms with Gasteiger partial charge in [0, 0.05) is 69.0 Å². The van der Waals surface area contributed by atoms with Gasteiger partial charge < -0.3 is 64.3 Å². The smallest absolute Gasteiger partial charge is 0.260 e. The first-order valence-electron chi connectivity index (χ1n) is 46.7. The van der Waals surface area contributed by atoms with E-state index in [1.807, 2.05) is 141 Å². The number of hydrogen-bond donors (Lipinski definition) is 4. The van der Waals surface area contributed by atoms with Crippen molar-refractivity contribution in [1.29, 1.82) is 0 Å². The van der Waals surface area contributed by atoms with Gasteiger partial charge in [-0.05, 0) is 219 Å². The number of aryl methyl sites for hydroxylation is 1. The summed E-state index contributed by atoms with van der Waals surface area (Å²) < 4.78 is 47.6. The molecule has 27 heteroatoms. The Hall–Kier alpha value is -7.19. The maximum atomic E-state index is 9.94. The predicted octanol–water partition coefficient (Wildman–Crippen LogP) is 17.4. The van der Waals surface area contributed by atoms with E-state index in [0.717, 1.165) is 137 Å². The fourth-order valence-electron chi connectivity index (χ4n) is 20.3. The molecule has 1 unspecified atom stereocenters. The molecule has 0 aromatic heterocycles. The Bertz CT molecular complexity index is 6770. The molecule has 0 spiro atoms. The summed E-state index contributed by atoms with van der Waals surface area (Å²) in [7, 11) is -1.17. The monoisotopic (exact) mass is 2070 g/mol. The number of para-hydroxylation sites is 4. The van der Waals surface area contributed by atoms with Gasteiger partial charge in [0.05, 0.1) is 18.2 Å². The second kappa shape index (κ2) is 54.1. The molecule has 3 fully saturated rings. The van der Waals surface area contributed by atoms with Gasteiger partial charge in [-0.2, -0.15) is 0 Å². The van der Waals surface area contributed by atoms with Crippen LogP contribution < -0.4 is 129 Å². The maximum absolute atomic E-state index is 9.94. The molecular formula is C112H105B3ClK3O17P2Pd. The molecule has 4 heterocycles. The van der Waals surface area contributed by atoms with Crippen LogP contribution in [0.25, 0.3) is 87.6 Å². The molecule has 4 aliphatic heterocycles. The number of carboxylic acids is 2. The fraction of sp³-hybridized carbons (Fsp3) is 0.196. The molecule has 6 N–H and O–H groups in total. The molecule has 17 nitrogen and oxygen atoms in total. The Kier molecular flexibility index (Phi) is 43.1. The third-order valence-electron chi connectivity index (χ3n) is 25.7. The average molecular weight is 2080 g/mol. The van der Waals surface area contributed by atoms with Crippen LogP contribution in [0.3, 0.4) is 0 Å². The van der Waals surface area contributed by atoms with Crippen LogP contribution in [-0.2, 0) is 44.0 Å². The molecule has 0 bridgehead atoms. The molecule has 3 aliphatic carbocycles. The predicted molar refractivity (Wildman–Crippen MR) is 559 cm³/mol. The van der Waals surface area contributed by atoms with E-state index in [2.05, 4.69) is 200 Å². The zero-order valence-electron chi connectivity index (χ0n) is 79.2. The number of methoxy groups -OCH3 is 2. The van der Waals surface area contributed by atoms with Gasteiger partial charge in [0.25, 0.3) is 25.4 Å². The van der Waals surface area contributed by atoms with E-state index >= 15 is 0 Å². The fourth-order valence-corrected chi connectivity index (χ4v) is 24.4. The molecule has 7 aliphatic rings. The molecule has 0 amide bonds. The van der Waals surface area contributed by atoms with Crippen LogP contribution in [0.2, 0.25) is 5.02 Å². The van der Waals surface area contributed by atoms with Crippen molar-refractivity contribution < 1.29 is 155 Å². The van der Waals surface area contributed by atoms with Gasteiger partial charge in [0.1, 0.15) is 51.7 Å². The van der Waals surface area contributed by atoms with Gasteiger partial charge in [0.2, 0.25) is 0 Å². The Morgan fingerprint density at radius 3 is 1.18 bits per heavy atom. The van der Waals surface area contributed by atoms with E-state index in [4.69, 9.17) is 74.5 Å². The average Bonchev–Trinajstić information content (AvgIpc) is 0.754. The normalized spacial score (nSPS) is 13.6. The minimum absolute atomic E-state index is 0. The first-order valence-corrected chi connectivity index (χ1v) is 65.7. The first-order chi connectivity index (χ1) is 66.4. The van der Waals surface area contributed by atoms with Gasteiger partial charge >= 0.3 is 130 Å². The summed E-state index contributed by atoms with van der Waals surface area (Å²) in [4.78, 5) is 26.9. The molecular weight excluding hydrogens is 1970 g/mol. The van der Waals surface area contributed by atoms with E-state index in [0.29, 0.717) is 16.6 Å². The quantitative estimate of drug-likeness (QED) is 0.0308. The van der Waals surface area contributed by atoms with Crippen molar-refractivity contribution in [2.45, 2.75) is 128 Å². The summed E-state index contributed by atoms with van der Waals surface area (Å²) >= 11 is 8.86. The van der Waals surface area contributed by atoms with E-state index in [-0.39, 0.29) is 98.6 Å². The van der Waals surface area contributed by atoms with E-state index in [1.54, 1.807) is 12.4 Å². The molecule has 3 saturated carbocycles. The Balaban J connectivity index is 0.000000157. The minimum atomic E-state index is -3.15. The Morgan fingerprint density at radius 1 is 0.424 bits per heavy atom. The standard InChI is InChI=1S/C38H23BO2.C26H35OP.C20H15BO2.C18H10BClO2.C6H12O.2C2H4O2.3K.HO4P.H2O.Pd/c1-2-12-24(13-3-1)35-25-14-4-6-16-27(25)36(28-17-7-5-15-26(28)35)29-18-10-20-31-38(29)41-34-23-11-22-33-37(34)39(31)30-19-8-9-21-32(30)40-33;1-20-12-11-18-24(27-2)26(20)23-17-9-10-19-25(23)28(21-13-5-3-6-14-21)22-15-7-4-8-16-22;22-21(23)20-17-12-6-4-10-15(17)19(14-8-2-1-3-9-14)16-11-5-7-13-18(16)20;20-13-7-3-6-12-18(13)22-16-10-4-9-15-17(16)19(12)11-5-1-2-8-14(11)21-15;1-7-6-4-2-3-5-6;2*1-2(3)4;;;;1-4-5(2)3;;/h1-23H;9-12,17-19,21-22H,3-8,13-16H2,1-2H3;1-13,22-23H;1-10H;6H,2-5H2,1H3;2*1H3,(H,3,4);;;;1H;1H2;/q;;;;;;;;;+1;;;/p-1. The molecule has 1 atom stereocenters. The van der Waals surface area contributed by atoms with E-state index in [9.17, 15) is 10.0 Å². The zero-order valence-corrected chi connectivity index (χ0v) is 92.7. The topological polar surface area (TPSA) is 274 Å². The van der Waals surface area contributed by atoms with Crippen LogP contribution in [0.5, 0.6) is 51.7 Å². The molecule has 16 aromatic rings. The van der Waals surface area contributed by atoms with Crippen LogP contribution in [-0.4, -0.2) is 153 Å². The summed E-state index contributed by atoms with van der Waals surface area (Å²) in [6.45, 7) is 4.53. The van der Waals surface area contributed by atoms with Gasteiger partial charge in [-0.15, -0.1) is 0 Å². The number of halogens is 1. The summed E-state index contributed by atoms with van der Waals surface area (Å²) in [6.07, 6.45) is 20.3. The van der Waals surface area contributed by atoms with Crippen molar-refractivity contribution in [2.24, 2.45) is 0 Å². The number of carboxylic acid groups (broad SMARTS) is 2. The first kappa shape index (κ1) is 111. The van der Waals surface area contributed by atoms with Crippen LogP contribution in [0.15, 0.2) is 322 Å². The molecule has 139 heavy (non-hydrogen) atoms. The molecule has 0 radical (unpaired) electrons. The van der Waals surface area contributed by atoms with Gasteiger partial charge in [-0.1, -0.05) is 344 Å². The van der Waals surface area contributed by atoms with Gasteiger partial charge in [-0.25, -0.2) is 4.67 Å². The number of ether oxygens (including phenoxy) is 6. The Labute approximate surface area is 922 Å². The van der Waals surface area contributed by atoms with Crippen LogP contribution >= 0.6 is 27.8 Å². The maximum Gasteiger partial charge on any atom is 0.260 e. The summed E-state index contributed by atoms with van der Waals surface area (Å²) in [5.41, 5.74) is 20.3. The van der Waals surface area contributed by atoms with E-state index < -0.39 is 27.3 Å². The van der Waals surface area contributed by atoms with Crippen molar-refractivity contribution in [1.82, 2.24) is 0 Å². The second-order valence-electron chi connectivity index (χ2n) is 34.0. The second-order valence-corrected chi connectivity index (χ2v) is 37.8. The number of aliphatic carboxylic acids is 2. The van der Waals surface area contributed by atoms with Crippen LogP contribution in [0.1, 0.15) is 109 Å². The van der Waals surface area contributed by atoms with Crippen molar-refractivity contribution in [2.75, 3.05) is 14.2 Å². The minimum Gasteiger partial charge on any atom is -0.458 e. The summed E-state index contributed by atoms with van der Waals surface area (Å²) in [6, 6.07) is 111. The summed E-state index contributed by atoms with van der Waals surface area (Å²) in [5, 5.41) is 54.2. The van der Waals surface area contributed by atoms with Crippen molar-refractivity contribution in [3.8, 4) is 96.3 Å². The van der Waals surface area contributed by atoms with Crippen molar-refractivity contribution in [3.63, 3.8) is 0 Å². The molecule has 694 valence electrons. The number of hydrogen-bond acceptors (Lipinski definition) is 14. The molecule has 0 saturated heterocycles. The van der Waals surface area contributed by atoms with Gasteiger partial charge in [-0.3, -0.25) is 9.59 Å². The number of fused-ring (bicyclic) bond motifs is 12.